The number of esters is 2. The minimum absolute atomic E-state index is 0.250. The molecule has 0 fully saturated rings. The molecule has 1 aliphatic rings. The highest BCUT2D eigenvalue weighted by molar-refractivity contribution is 5.85. The van der Waals surface area contributed by atoms with Crippen molar-refractivity contribution in [3.05, 3.63) is 36.5 Å². The molecule has 4 atom stereocenters. The van der Waals surface area contributed by atoms with Crippen LogP contribution >= 0.6 is 0 Å². The molecule has 1 heterocycles. The van der Waals surface area contributed by atoms with Crippen LogP contribution in [0.5, 0.6) is 0 Å². The first-order chi connectivity index (χ1) is 11.5. The topological polar surface area (TPSA) is 93.1 Å². The molecule has 0 aromatic carbocycles. The van der Waals surface area contributed by atoms with E-state index in [0.717, 1.165) is 0 Å². The minimum Gasteiger partial charge on any atom is -0.457 e. The summed E-state index contributed by atoms with van der Waals surface area (Å²) in [6.07, 6.45) is 6.83. The highest BCUT2D eigenvalue weighted by Crippen LogP contribution is 2.17. The van der Waals surface area contributed by atoms with E-state index in [2.05, 4.69) is 0 Å². The van der Waals surface area contributed by atoms with Gasteiger partial charge < -0.3 is 19.7 Å². The van der Waals surface area contributed by atoms with E-state index in [1.54, 1.807) is 18.2 Å². The van der Waals surface area contributed by atoms with Crippen LogP contribution in [0.15, 0.2) is 36.5 Å². The third kappa shape index (κ3) is 6.68. The fraction of sp³-hybridized carbons (Fsp3) is 0.556. The average Bonchev–Trinajstić information content (AvgIpc) is 2.55. The number of ether oxygens (including phenoxy) is 2. The van der Waals surface area contributed by atoms with Gasteiger partial charge in [0.15, 0.2) is 6.10 Å². The van der Waals surface area contributed by atoms with E-state index in [-0.39, 0.29) is 6.42 Å². The predicted octanol–water partition coefficient (Wildman–Crippen LogP) is 1.81. The zero-order valence-electron chi connectivity index (χ0n) is 14.1. The van der Waals surface area contributed by atoms with E-state index in [1.807, 2.05) is 13.8 Å². The molecule has 134 valence electrons. The second-order valence-electron chi connectivity index (χ2n) is 5.56. The molecule has 6 heteroatoms. The summed E-state index contributed by atoms with van der Waals surface area (Å²) >= 11 is 0. The Morgan fingerprint density at radius 2 is 2.17 bits per heavy atom. The van der Waals surface area contributed by atoms with Crippen molar-refractivity contribution >= 4 is 11.9 Å². The van der Waals surface area contributed by atoms with Crippen molar-refractivity contribution in [2.24, 2.45) is 0 Å². The van der Waals surface area contributed by atoms with E-state index in [1.165, 1.54) is 18.2 Å². The monoisotopic (exact) mass is 338 g/mol. The Bertz CT molecular complexity index is 494. The van der Waals surface area contributed by atoms with Crippen LogP contribution in [0.4, 0.5) is 0 Å². The van der Waals surface area contributed by atoms with E-state index >= 15 is 0 Å². The lowest BCUT2D eigenvalue weighted by molar-refractivity contribution is -0.176. The Kier molecular flexibility index (Phi) is 9.04. The number of hydrogen-bond donors (Lipinski definition) is 2. The van der Waals surface area contributed by atoms with Gasteiger partial charge in [0.05, 0.1) is 0 Å². The van der Waals surface area contributed by atoms with Crippen molar-refractivity contribution in [2.75, 3.05) is 0 Å². The summed E-state index contributed by atoms with van der Waals surface area (Å²) in [5, 5.41) is 20.0. The van der Waals surface area contributed by atoms with E-state index < -0.39 is 36.4 Å². The summed E-state index contributed by atoms with van der Waals surface area (Å²) in [6, 6.07) is 0. The van der Waals surface area contributed by atoms with Gasteiger partial charge in [0, 0.05) is 6.08 Å². The Hall–Kier alpha value is -1.92. The Labute approximate surface area is 142 Å². The van der Waals surface area contributed by atoms with Crippen molar-refractivity contribution in [3.8, 4) is 0 Å². The molecule has 0 unspecified atom stereocenters. The fourth-order valence-electron chi connectivity index (χ4n) is 2.28. The Morgan fingerprint density at radius 1 is 1.42 bits per heavy atom. The van der Waals surface area contributed by atoms with Crippen LogP contribution in [-0.2, 0) is 19.1 Å². The third-order valence-electron chi connectivity index (χ3n) is 3.56. The standard InChI is InChI=1S/C18H26O6/c1-3-5-6-12-16(20)23-15-11-8-7-10-13(19)17(21)14(9-4-2)24-18(15)22/h3,5-7,10,12-15,17,19,21H,4,8-9,11H2,1-2H3/b5-3+,10-7-,12-6+/t13-,14-,15+,17+/m1/s1. The van der Waals surface area contributed by atoms with Gasteiger partial charge in [-0.25, -0.2) is 9.59 Å². The maximum absolute atomic E-state index is 12.3. The summed E-state index contributed by atoms with van der Waals surface area (Å²) < 4.78 is 10.4. The first-order valence-electron chi connectivity index (χ1n) is 8.22. The van der Waals surface area contributed by atoms with Gasteiger partial charge in [0.25, 0.3) is 0 Å². The van der Waals surface area contributed by atoms with Crippen LogP contribution in [0.2, 0.25) is 0 Å². The molecule has 0 aromatic rings. The lowest BCUT2D eigenvalue weighted by Crippen LogP contribution is -2.42. The number of allylic oxidation sites excluding steroid dienone is 4. The average molecular weight is 338 g/mol. The van der Waals surface area contributed by atoms with Gasteiger partial charge in [-0.15, -0.1) is 0 Å². The molecule has 6 nitrogen and oxygen atoms in total. The second kappa shape index (κ2) is 10.8. The van der Waals surface area contributed by atoms with Gasteiger partial charge in [-0.2, -0.15) is 0 Å². The van der Waals surface area contributed by atoms with Crippen LogP contribution in [0, 0.1) is 0 Å². The number of carbonyl (C=O) groups is 2. The number of cyclic esters (lactones) is 1. The van der Waals surface area contributed by atoms with Gasteiger partial charge in [-0.05, 0) is 26.2 Å². The molecule has 24 heavy (non-hydrogen) atoms. The molecule has 1 rings (SSSR count). The molecule has 0 spiro atoms. The molecular weight excluding hydrogens is 312 g/mol. The summed E-state index contributed by atoms with van der Waals surface area (Å²) in [7, 11) is 0. The van der Waals surface area contributed by atoms with Crippen LogP contribution in [0.1, 0.15) is 39.5 Å². The van der Waals surface area contributed by atoms with Crippen LogP contribution in [0.25, 0.3) is 0 Å². The molecule has 0 saturated heterocycles. The third-order valence-corrected chi connectivity index (χ3v) is 3.56. The molecule has 0 amide bonds. The van der Waals surface area contributed by atoms with Crippen LogP contribution in [-0.4, -0.2) is 46.6 Å². The summed E-state index contributed by atoms with van der Waals surface area (Å²) in [5.74, 6) is -1.34. The smallest absolute Gasteiger partial charge is 0.347 e. The number of aliphatic hydroxyl groups excluding tert-OH is 2. The van der Waals surface area contributed by atoms with E-state index in [4.69, 9.17) is 9.47 Å². The SMILES string of the molecule is C/C=C/C=C/C(=O)O[C@H]1CC/C=C\[C@@H](O)[C@H](O)[C@@H](CCC)OC1=O. The van der Waals surface area contributed by atoms with Crippen molar-refractivity contribution in [1.82, 2.24) is 0 Å². The molecule has 0 saturated carbocycles. The minimum atomic E-state index is -1.21. The van der Waals surface area contributed by atoms with Gasteiger partial charge >= 0.3 is 11.9 Å². The normalized spacial score (nSPS) is 30.2. The van der Waals surface area contributed by atoms with Gasteiger partial charge in [-0.3, -0.25) is 0 Å². The lowest BCUT2D eigenvalue weighted by Gasteiger charge is -2.27. The van der Waals surface area contributed by atoms with Crippen molar-refractivity contribution in [3.63, 3.8) is 0 Å². The maximum Gasteiger partial charge on any atom is 0.347 e. The van der Waals surface area contributed by atoms with Crippen molar-refractivity contribution in [1.29, 1.82) is 0 Å². The molecule has 2 N–H and O–H groups in total. The number of hydrogen-bond acceptors (Lipinski definition) is 6. The molecule has 0 radical (unpaired) electrons. The lowest BCUT2D eigenvalue weighted by atomic mass is 10.0. The summed E-state index contributed by atoms with van der Waals surface area (Å²) in [5.41, 5.74) is 0. The van der Waals surface area contributed by atoms with E-state index in [0.29, 0.717) is 19.3 Å². The highest BCUT2D eigenvalue weighted by Gasteiger charge is 2.32. The molecule has 1 aliphatic heterocycles. The summed E-state index contributed by atoms with van der Waals surface area (Å²) in [6.45, 7) is 3.69. The zero-order chi connectivity index (χ0) is 17.9. The quantitative estimate of drug-likeness (QED) is 0.344. The Balaban J connectivity index is 2.84. The van der Waals surface area contributed by atoms with Crippen molar-refractivity contribution < 1.29 is 29.3 Å². The zero-order valence-corrected chi connectivity index (χ0v) is 14.1. The second-order valence-corrected chi connectivity index (χ2v) is 5.56. The maximum atomic E-state index is 12.3. The molecule has 0 bridgehead atoms. The van der Waals surface area contributed by atoms with Gasteiger partial charge in [-0.1, -0.05) is 43.7 Å². The Morgan fingerprint density at radius 3 is 2.83 bits per heavy atom. The molecule has 0 aromatic heterocycles. The first-order valence-corrected chi connectivity index (χ1v) is 8.22. The largest absolute Gasteiger partial charge is 0.457 e. The number of rotatable bonds is 5. The first kappa shape index (κ1) is 20.1. The van der Waals surface area contributed by atoms with Crippen LogP contribution < -0.4 is 0 Å². The summed E-state index contributed by atoms with van der Waals surface area (Å²) in [4.78, 5) is 24.0. The van der Waals surface area contributed by atoms with Gasteiger partial charge in [0.2, 0.25) is 0 Å². The molecular formula is C18H26O6. The number of carbonyl (C=O) groups excluding carboxylic acids is 2. The predicted molar refractivity (Wildman–Crippen MR) is 89.0 cm³/mol. The fourth-order valence-corrected chi connectivity index (χ4v) is 2.28. The van der Waals surface area contributed by atoms with Crippen molar-refractivity contribution in [2.45, 2.75) is 63.9 Å². The van der Waals surface area contributed by atoms with Gasteiger partial charge in [0.1, 0.15) is 18.3 Å². The highest BCUT2D eigenvalue weighted by atomic mass is 16.6. The molecule has 0 aliphatic carbocycles. The number of aliphatic hydroxyl groups is 2. The van der Waals surface area contributed by atoms with E-state index in [9.17, 15) is 19.8 Å². The van der Waals surface area contributed by atoms with Crippen LogP contribution in [0.3, 0.4) is 0 Å².